The Morgan fingerprint density at radius 2 is 1.69 bits per heavy atom. The quantitative estimate of drug-likeness (QED) is 0.438. The lowest BCUT2D eigenvalue weighted by atomic mass is 9.95. The van der Waals surface area contributed by atoms with Crippen LogP contribution in [0.3, 0.4) is 0 Å². The number of aromatic amines is 1. The maximum Gasteiger partial charge on any atom is 0.417 e. The van der Waals surface area contributed by atoms with Gasteiger partial charge < -0.3 is 25.7 Å². The number of carboxylic acid groups (broad SMARTS) is 2. The molecule has 13 heteroatoms. The average Bonchev–Trinajstić information content (AvgIpc) is 2.68. The van der Waals surface area contributed by atoms with E-state index in [1.54, 1.807) is 0 Å². The third kappa shape index (κ3) is 4.34. The number of aromatic nitrogens is 2. The minimum absolute atomic E-state index is 0.0106. The maximum atomic E-state index is 12.7. The highest BCUT2D eigenvalue weighted by molar-refractivity contribution is 6.31. The number of carbonyl (C=O) groups is 2. The number of nitrogens with two attached hydrogens (primary N) is 1. The number of nitrogens with zero attached hydrogens (tertiary/aromatic N) is 1. The van der Waals surface area contributed by atoms with E-state index in [9.17, 15) is 37.8 Å². The summed E-state index contributed by atoms with van der Waals surface area (Å²) in [5, 5.41) is 18.4. The molecule has 0 aliphatic heterocycles. The van der Waals surface area contributed by atoms with Crippen molar-refractivity contribution in [3.63, 3.8) is 0 Å². The zero-order valence-electron chi connectivity index (χ0n) is 15.5. The molecule has 9 nitrogen and oxygen atoms in total. The van der Waals surface area contributed by atoms with Crippen LogP contribution in [-0.2, 0) is 6.18 Å². The zero-order chi connectivity index (χ0) is 23.8. The molecule has 0 saturated heterocycles. The molecule has 3 aromatic rings. The molecule has 0 spiro atoms. The number of pyridine rings is 2. The molecule has 1 aromatic carbocycles. The van der Waals surface area contributed by atoms with Gasteiger partial charge in [-0.2, -0.15) is 13.2 Å². The van der Waals surface area contributed by atoms with Crippen molar-refractivity contribution in [2.24, 2.45) is 0 Å². The largest absolute Gasteiger partial charge is 0.478 e. The van der Waals surface area contributed by atoms with E-state index in [4.69, 9.17) is 22.1 Å². The lowest BCUT2D eigenvalue weighted by Crippen LogP contribution is -2.24. The lowest BCUT2D eigenvalue weighted by molar-refractivity contribution is -0.137. The summed E-state index contributed by atoms with van der Waals surface area (Å²) >= 11 is 5.79. The van der Waals surface area contributed by atoms with Crippen LogP contribution in [0.1, 0.15) is 26.3 Å². The number of nitrogen functional groups attached to an aromatic ring is 1. The predicted octanol–water partition coefficient (Wildman–Crippen LogP) is 3.88. The molecule has 2 aromatic heterocycles. The summed E-state index contributed by atoms with van der Waals surface area (Å²) in [4.78, 5) is 40.7. The summed E-state index contributed by atoms with van der Waals surface area (Å²) in [7, 11) is 0. The topological polar surface area (TPSA) is 156 Å². The van der Waals surface area contributed by atoms with Crippen LogP contribution in [0.4, 0.5) is 19.0 Å². The average molecular weight is 470 g/mol. The Kier molecular flexibility index (Phi) is 5.82. The van der Waals surface area contributed by atoms with Gasteiger partial charge in [-0.3, -0.25) is 4.79 Å². The van der Waals surface area contributed by atoms with Crippen molar-refractivity contribution in [1.29, 1.82) is 0 Å². The van der Waals surface area contributed by atoms with E-state index in [1.165, 1.54) is 24.3 Å². The number of rotatable bonds is 5. The van der Waals surface area contributed by atoms with Gasteiger partial charge in [0, 0.05) is 11.8 Å². The van der Waals surface area contributed by atoms with Crippen LogP contribution in [0, 0.1) is 0 Å². The number of H-pyrrole nitrogens is 1. The SMILES string of the molecule is Nc1[nH]c(=O)c(C(=O)O)c(-c2ccc(Oc3ncc(C(F)(F)F)cc3Cl)cc2)c1C(=O)O. The Bertz CT molecular complexity index is 1290. The summed E-state index contributed by atoms with van der Waals surface area (Å²) in [6.45, 7) is 0. The third-order valence-corrected chi connectivity index (χ3v) is 4.44. The second kappa shape index (κ2) is 8.23. The summed E-state index contributed by atoms with van der Waals surface area (Å²) in [6.07, 6.45) is -4.11. The van der Waals surface area contributed by atoms with E-state index in [2.05, 4.69) is 4.98 Å². The first-order valence-corrected chi connectivity index (χ1v) is 8.81. The van der Waals surface area contributed by atoms with E-state index >= 15 is 0 Å². The fourth-order valence-corrected chi connectivity index (χ4v) is 3.00. The van der Waals surface area contributed by atoms with Crippen LogP contribution in [0.2, 0.25) is 5.02 Å². The monoisotopic (exact) mass is 469 g/mol. The van der Waals surface area contributed by atoms with Crippen LogP contribution in [0.25, 0.3) is 11.1 Å². The Hall–Kier alpha value is -4.06. The van der Waals surface area contributed by atoms with Crippen molar-refractivity contribution in [2.75, 3.05) is 5.73 Å². The molecule has 0 saturated carbocycles. The van der Waals surface area contributed by atoms with Gasteiger partial charge in [0.2, 0.25) is 5.88 Å². The Morgan fingerprint density at radius 1 is 1.09 bits per heavy atom. The minimum atomic E-state index is -4.64. The van der Waals surface area contributed by atoms with Crippen molar-refractivity contribution < 1.29 is 37.7 Å². The van der Waals surface area contributed by atoms with E-state index in [0.29, 0.717) is 12.3 Å². The molecule has 0 fully saturated rings. The van der Waals surface area contributed by atoms with E-state index in [1.807, 2.05) is 4.98 Å². The van der Waals surface area contributed by atoms with E-state index in [-0.39, 0.29) is 17.2 Å². The van der Waals surface area contributed by atoms with Crippen LogP contribution in [0.5, 0.6) is 11.6 Å². The second-order valence-electron chi connectivity index (χ2n) is 6.24. The van der Waals surface area contributed by atoms with Crippen molar-refractivity contribution in [3.05, 3.63) is 68.6 Å². The van der Waals surface area contributed by atoms with Gasteiger partial charge >= 0.3 is 18.1 Å². The summed E-state index contributed by atoms with van der Waals surface area (Å²) in [6, 6.07) is 5.61. The number of hydrogen-bond acceptors (Lipinski definition) is 6. The van der Waals surface area contributed by atoms with Crippen LogP contribution in [-0.4, -0.2) is 32.1 Å². The molecule has 0 amide bonds. The number of alkyl halides is 3. The molecule has 5 N–H and O–H groups in total. The van der Waals surface area contributed by atoms with Crippen molar-refractivity contribution in [2.45, 2.75) is 6.18 Å². The van der Waals surface area contributed by atoms with E-state index < -0.39 is 56.8 Å². The second-order valence-corrected chi connectivity index (χ2v) is 6.65. The Labute approximate surface area is 180 Å². The molecule has 32 heavy (non-hydrogen) atoms. The third-order valence-electron chi connectivity index (χ3n) is 4.16. The van der Waals surface area contributed by atoms with Gasteiger partial charge in [-0.15, -0.1) is 0 Å². The highest BCUT2D eigenvalue weighted by Gasteiger charge is 2.32. The molecule has 0 atom stereocenters. The number of nitrogens with one attached hydrogen (secondary N) is 1. The van der Waals surface area contributed by atoms with E-state index in [0.717, 1.165) is 0 Å². The summed E-state index contributed by atoms with van der Waals surface area (Å²) < 4.78 is 43.5. The van der Waals surface area contributed by atoms with Crippen molar-refractivity contribution in [1.82, 2.24) is 9.97 Å². The number of halogens is 4. The number of carboxylic acids is 2. The highest BCUT2D eigenvalue weighted by Crippen LogP contribution is 2.35. The van der Waals surface area contributed by atoms with Crippen molar-refractivity contribution >= 4 is 29.4 Å². The first-order valence-electron chi connectivity index (χ1n) is 8.43. The smallest absolute Gasteiger partial charge is 0.417 e. The first-order chi connectivity index (χ1) is 14.9. The minimum Gasteiger partial charge on any atom is -0.478 e. The molecule has 0 aliphatic rings. The summed E-state index contributed by atoms with van der Waals surface area (Å²) in [5.41, 5.74) is 1.52. The van der Waals surface area contributed by atoms with Crippen LogP contribution < -0.4 is 16.0 Å². The van der Waals surface area contributed by atoms with Crippen LogP contribution in [0.15, 0.2) is 41.3 Å². The van der Waals surface area contributed by atoms with Crippen molar-refractivity contribution in [3.8, 4) is 22.8 Å². The van der Waals surface area contributed by atoms with Gasteiger partial charge in [-0.25, -0.2) is 14.6 Å². The molecule has 0 aliphatic carbocycles. The molecular weight excluding hydrogens is 459 g/mol. The standard InChI is InChI=1S/C19H11ClF3N3O6/c20-10-5-8(19(21,22)23)6-25-16(10)32-9-3-1-7(2-4-9)11-12(17(28)29)14(24)26-15(27)13(11)18(30)31/h1-6H,(H,28,29)(H,30,31)(H3,24,26,27). The number of benzene rings is 1. The zero-order valence-corrected chi connectivity index (χ0v) is 16.3. The van der Waals surface area contributed by atoms with Gasteiger partial charge in [-0.1, -0.05) is 23.7 Å². The van der Waals surface area contributed by atoms with Gasteiger partial charge in [0.25, 0.3) is 5.56 Å². The van der Waals surface area contributed by atoms with Crippen LogP contribution >= 0.6 is 11.6 Å². The summed E-state index contributed by atoms with van der Waals surface area (Å²) in [5.74, 6) is -4.08. The van der Waals surface area contributed by atoms with Gasteiger partial charge in [0.15, 0.2) is 0 Å². The fourth-order valence-electron chi connectivity index (χ4n) is 2.79. The predicted molar refractivity (Wildman–Crippen MR) is 105 cm³/mol. The number of ether oxygens (including phenoxy) is 1. The van der Waals surface area contributed by atoms with Gasteiger partial charge in [0.1, 0.15) is 27.7 Å². The molecular formula is C19H11ClF3N3O6. The molecule has 0 radical (unpaired) electrons. The first kappa shape index (κ1) is 22.6. The molecule has 0 bridgehead atoms. The van der Waals surface area contributed by atoms with Gasteiger partial charge in [0.05, 0.1) is 5.56 Å². The molecule has 3 rings (SSSR count). The Balaban J connectivity index is 2.03. The fraction of sp³-hybridized carbons (Fsp3) is 0.0526. The number of hydrogen-bond donors (Lipinski definition) is 4. The van der Waals surface area contributed by atoms with Gasteiger partial charge in [-0.05, 0) is 23.8 Å². The highest BCUT2D eigenvalue weighted by atomic mass is 35.5. The number of aromatic carboxylic acids is 2. The molecule has 166 valence electrons. The normalized spacial score (nSPS) is 11.2. The number of anilines is 1. The molecule has 2 heterocycles. The lowest BCUT2D eigenvalue weighted by Gasteiger charge is -2.13. The maximum absolute atomic E-state index is 12.7. The Morgan fingerprint density at radius 3 is 2.19 bits per heavy atom. The molecule has 0 unspecified atom stereocenters.